The molecule has 0 aliphatic carbocycles. The Kier molecular flexibility index (Phi) is 5.00. The zero-order valence-electron chi connectivity index (χ0n) is 12.6. The van der Waals surface area contributed by atoms with Crippen LogP contribution in [0.5, 0.6) is 0 Å². The van der Waals surface area contributed by atoms with Crippen LogP contribution in [0, 0.1) is 13.8 Å². The number of benzene rings is 1. The number of nitrogens with zero attached hydrogens (tertiary/aromatic N) is 2. The van der Waals surface area contributed by atoms with Crippen molar-refractivity contribution in [3.63, 3.8) is 0 Å². The van der Waals surface area contributed by atoms with E-state index in [2.05, 4.69) is 83.0 Å². The highest BCUT2D eigenvalue weighted by Gasteiger charge is 2.11. The molecule has 0 aliphatic rings. The van der Waals surface area contributed by atoms with Gasteiger partial charge in [0.05, 0.1) is 12.2 Å². The van der Waals surface area contributed by atoms with Gasteiger partial charge in [0.25, 0.3) is 0 Å². The molecule has 1 aromatic carbocycles. The first kappa shape index (κ1) is 15.3. The predicted octanol–water partition coefficient (Wildman–Crippen LogP) is 3.81. The Bertz CT molecular complexity index is 570. The molecule has 0 atom stereocenters. The largest absolute Gasteiger partial charge is 0.310 e. The standard InChI is InChI=1S/C16H22BrN3/c1-11(2)18-9-16-12(3)19-20(13(16)4)10-14-5-7-15(17)8-6-14/h5-8,11,18H,9-10H2,1-4H3. The Morgan fingerprint density at radius 2 is 1.85 bits per heavy atom. The van der Waals surface area contributed by atoms with Crippen LogP contribution in [0.15, 0.2) is 28.7 Å². The first-order chi connectivity index (χ1) is 9.47. The number of nitrogens with one attached hydrogen (secondary N) is 1. The van der Waals surface area contributed by atoms with Crippen molar-refractivity contribution in [3.05, 3.63) is 51.3 Å². The van der Waals surface area contributed by atoms with Crippen LogP contribution in [0.2, 0.25) is 0 Å². The molecule has 3 nitrogen and oxygen atoms in total. The monoisotopic (exact) mass is 335 g/mol. The van der Waals surface area contributed by atoms with Gasteiger partial charge in [-0.25, -0.2) is 0 Å². The maximum atomic E-state index is 4.67. The zero-order valence-corrected chi connectivity index (χ0v) is 14.2. The van der Waals surface area contributed by atoms with Gasteiger partial charge in [-0.05, 0) is 31.5 Å². The second-order valence-corrected chi connectivity index (χ2v) is 6.38. The van der Waals surface area contributed by atoms with Crippen LogP contribution in [0.1, 0.15) is 36.4 Å². The summed E-state index contributed by atoms with van der Waals surface area (Å²) in [4.78, 5) is 0. The summed E-state index contributed by atoms with van der Waals surface area (Å²) in [6.45, 7) is 10.3. The average molecular weight is 336 g/mol. The van der Waals surface area contributed by atoms with Gasteiger partial charge in [0.2, 0.25) is 0 Å². The minimum Gasteiger partial charge on any atom is -0.310 e. The molecule has 4 heteroatoms. The van der Waals surface area contributed by atoms with Crippen molar-refractivity contribution >= 4 is 15.9 Å². The van der Waals surface area contributed by atoms with Crippen molar-refractivity contribution in [2.45, 2.75) is 46.8 Å². The van der Waals surface area contributed by atoms with Gasteiger partial charge in [0.1, 0.15) is 0 Å². The fraction of sp³-hybridized carbons (Fsp3) is 0.438. The molecule has 1 N–H and O–H groups in total. The highest BCUT2D eigenvalue weighted by atomic mass is 79.9. The summed E-state index contributed by atoms with van der Waals surface area (Å²) in [5.41, 5.74) is 4.95. The van der Waals surface area contributed by atoms with Gasteiger partial charge in [-0.2, -0.15) is 5.10 Å². The number of aryl methyl sites for hydroxylation is 1. The number of rotatable bonds is 5. The van der Waals surface area contributed by atoms with E-state index in [9.17, 15) is 0 Å². The summed E-state index contributed by atoms with van der Waals surface area (Å²) in [6, 6.07) is 8.90. The zero-order chi connectivity index (χ0) is 14.7. The van der Waals surface area contributed by atoms with Gasteiger partial charge in [0, 0.05) is 28.3 Å². The fourth-order valence-corrected chi connectivity index (χ4v) is 2.48. The van der Waals surface area contributed by atoms with Crippen LogP contribution in [0.25, 0.3) is 0 Å². The van der Waals surface area contributed by atoms with E-state index in [1.807, 2.05) is 0 Å². The van der Waals surface area contributed by atoms with Crippen molar-refractivity contribution in [3.8, 4) is 0 Å². The van der Waals surface area contributed by atoms with E-state index >= 15 is 0 Å². The van der Waals surface area contributed by atoms with E-state index < -0.39 is 0 Å². The highest BCUT2D eigenvalue weighted by molar-refractivity contribution is 9.10. The molecule has 20 heavy (non-hydrogen) atoms. The number of hydrogen-bond donors (Lipinski definition) is 1. The SMILES string of the molecule is Cc1nn(Cc2ccc(Br)cc2)c(C)c1CNC(C)C. The lowest BCUT2D eigenvalue weighted by molar-refractivity contribution is 0.584. The molecule has 2 aromatic rings. The van der Waals surface area contributed by atoms with Gasteiger partial charge in [0.15, 0.2) is 0 Å². The Labute approximate surface area is 129 Å². The fourth-order valence-electron chi connectivity index (χ4n) is 2.21. The topological polar surface area (TPSA) is 29.9 Å². The summed E-state index contributed by atoms with van der Waals surface area (Å²) < 4.78 is 3.20. The van der Waals surface area contributed by atoms with E-state index in [0.29, 0.717) is 6.04 Å². The smallest absolute Gasteiger partial charge is 0.0662 e. The van der Waals surface area contributed by atoms with Gasteiger partial charge in [-0.1, -0.05) is 41.9 Å². The Morgan fingerprint density at radius 3 is 2.45 bits per heavy atom. The molecule has 1 aromatic heterocycles. The lowest BCUT2D eigenvalue weighted by Crippen LogP contribution is -2.22. The highest BCUT2D eigenvalue weighted by Crippen LogP contribution is 2.16. The van der Waals surface area contributed by atoms with Gasteiger partial charge >= 0.3 is 0 Å². The maximum absolute atomic E-state index is 4.67. The molecule has 0 spiro atoms. The molecule has 0 fully saturated rings. The molecule has 0 saturated carbocycles. The third kappa shape index (κ3) is 3.70. The van der Waals surface area contributed by atoms with Crippen LogP contribution in [-0.2, 0) is 13.1 Å². The second-order valence-electron chi connectivity index (χ2n) is 5.47. The van der Waals surface area contributed by atoms with E-state index in [1.165, 1.54) is 16.8 Å². The van der Waals surface area contributed by atoms with Crippen molar-refractivity contribution in [2.75, 3.05) is 0 Å². The number of halogens is 1. The molecule has 2 rings (SSSR count). The Balaban J connectivity index is 2.16. The minimum atomic E-state index is 0.489. The molecule has 1 heterocycles. The van der Waals surface area contributed by atoms with Crippen LogP contribution in [0.3, 0.4) is 0 Å². The van der Waals surface area contributed by atoms with Crippen LogP contribution in [-0.4, -0.2) is 15.8 Å². The first-order valence-electron chi connectivity index (χ1n) is 6.98. The summed E-state index contributed by atoms with van der Waals surface area (Å²) in [5.74, 6) is 0. The summed E-state index contributed by atoms with van der Waals surface area (Å²) >= 11 is 3.46. The van der Waals surface area contributed by atoms with Crippen LogP contribution >= 0.6 is 15.9 Å². The van der Waals surface area contributed by atoms with Crippen LogP contribution < -0.4 is 5.32 Å². The van der Waals surface area contributed by atoms with Crippen molar-refractivity contribution in [1.29, 1.82) is 0 Å². The van der Waals surface area contributed by atoms with E-state index in [0.717, 1.165) is 23.3 Å². The van der Waals surface area contributed by atoms with E-state index in [1.54, 1.807) is 0 Å². The summed E-state index contributed by atoms with van der Waals surface area (Å²) in [5, 5.41) is 8.14. The summed E-state index contributed by atoms with van der Waals surface area (Å²) in [7, 11) is 0. The molecule has 0 amide bonds. The molecule has 0 bridgehead atoms. The van der Waals surface area contributed by atoms with E-state index in [4.69, 9.17) is 0 Å². The molecule has 0 radical (unpaired) electrons. The molecule has 0 aliphatic heterocycles. The Morgan fingerprint density at radius 1 is 1.20 bits per heavy atom. The maximum Gasteiger partial charge on any atom is 0.0662 e. The molecule has 0 saturated heterocycles. The molecular weight excluding hydrogens is 314 g/mol. The van der Waals surface area contributed by atoms with Crippen molar-refractivity contribution < 1.29 is 0 Å². The van der Waals surface area contributed by atoms with Gasteiger partial charge in [-0.3, -0.25) is 4.68 Å². The van der Waals surface area contributed by atoms with Crippen molar-refractivity contribution in [2.24, 2.45) is 0 Å². The van der Waals surface area contributed by atoms with Gasteiger partial charge in [-0.15, -0.1) is 0 Å². The third-order valence-corrected chi connectivity index (χ3v) is 3.99. The number of aromatic nitrogens is 2. The van der Waals surface area contributed by atoms with Crippen LogP contribution in [0.4, 0.5) is 0 Å². The van der Waals surface area contributed by atoms with Gasteiger partial charge < -0.3 is 5.32 Å². The molecular formula is C16H22BrN3. The minimum absolute atomic E-state index is 0.489. The Hall–Kier alpha value is -1.13. The lowest BCUT2D eigenvalue weighted by atomic mass is 10.2. The average Bonchev–Trinajstić information content (AvgIpc) is 2.65. The molecule has 0 unspecified atom stereocenters. The number of hydrogen-bond acceptors (Lipinski definition) is 2. The van der Waals surface area contributed by atoms with E-state index in [-0.39, 0.29) is 0 Å². The lowest BCUT2D eigenvalue weighted by Gasteiger charge is -2.09. The third-order valence-electron chi connectivity index (χ3n) is 3.46. The quantitative estimate of drug-likeness (QED) is 0.900. The summed E-state index contributed by atoms with van der Waals surface area (Å²) in [6.07, 6.45) is 0. The first-order valence-corrected chi connectivity index (χ1v) is 7.77. The molecule has 108 valence electrons. The van der Waals surface area contributed by atoms with Crippen molar-refractivity contribution in [1.82, 2.24) is 15.1 Å². The predicted molar refractivity (Wildman–Crippen MR) is 86.9 cm³/mol. The normalized spacial score (nSPS) is 11.3. The second kappa shape index (κ2) is 6.55.